The van der Waals surface area contributed by atoms with Crippen LogP contribution in [-0.2, 0) is 39.0 Å². The second-order valence-electron chi connectivity index (χ2n) is 10.6. The molecule has 0 aliphatic carbocycles. The molecule has 1 atom stereocenters. The van der Waals surface area contributed by atoms with Crippen LogP contribution in [0.25, 0.3) is 17.2 Å². The molecule has 0 saturated carbocycles. The van der Waals surface area contributed by atoms with Crippen molar-refractivity contribution in [1.82, 2.24) is 9.55 Å². The summed E-state index contributed by atoms with van der Waals surface area (Å²) in [5.41, 5.74) is 5.69. The lowest BCUT2D eigenvalue weighted by Gasteiger charge is -2.09. The number of rotatable bonds is 17. The highest BCUT2D eigenvalue weighted by atomic mass is 32.2. The van der Waals surface area contributed by atoms with Gasteiger partial charge >= 0.3 is 0 Å². The molecule has 1 aromatic heterocycles. The molecule has 4 rings (SSSR count). The number of imidazole rings is 1. The van der Waals surface area contributed by atoms with Gasteiger partial charge in [0.2, 0.25) is 0 Å². The number of aryl methyl sites for hydroxylation is 1. The first-order valence-corrected chi connectivity index (χ1v) is 16.4. The zero-order chi connectivity index (χ0) is 30.4. The maximum absolute atomic E-state index is 13.0. The predicted molar refractivity (Wildman–Crippen MR) is 175 cm³/mol. The Morgan fingerprint density at radius 2 is 1.72 bits per heavy atom. The van der Waals surface area contributed by atoms with E-state index in [1.54, 1.807) is 12.5 Å². The van der Waals surface area contributed by atoms with Crippen molar-refractivity contribution in [2.45, 2.75) is 63.6 Å². The van der Waals surface area contributed by atoms with E-state index in [2.05, 4.69) is 35.5 Å². The summed E-state index contributed by atoms with van der Waals surface area (Å²) in [4.78, 5) is 18.0. The number of hydrogen-bond donors (Lipinski definition) is 0. The molecule has 226 valence electrons. The highest BCUT2D eigenvalue weighted by Crippen LogP contribution is 2.24. The molecule has 3 aromatic carbocycles. The van der Waals surface area contributed by atoms with Crippen molar-refractivity contribution >= 4 is 22.7 Å². The molecule has 0 N–H and O–H groups in total. The molecule has 0 radical (unpaired) electrons. The highest BCUT2D eigenvalue weighted by Gasteiger charge is 2.11. The van der Waals surface area contributed by atoms with E-state index < -0.39 is 10.8 Å². The second-order valence-corrected chi connectivity index (χ2v) is 12.1. The second kappa shape index (κ2) is 16.7. The number of hydrogen-bond acceptors (Lipinski definition) is 5. The van der Waals surface area contributed by atoms with Crippen LogP contribution < -0.4 is 4.74 Å². The van der Waals surface area contributed by atoms with E-state index in [-0.39, 0.29) is 5.78 Å². The third-order valence-corrected chi connectivity index (χ3v) is 8.48. The Morgan fingerprint density at radius 3 is 2.47 bits per heavy atom. The van der Waals surface area contributed by atoms with Crippen LogP contribution in [0.5, 0.6) is 5.75 Å². The van der Waals surface area contributed by atoms with E-state index >= 15 is 0 Å². The van der Waals surface area contributed by atoms with Gasteiger partial charge in [-0.3, -0.25) is 9.00 Å². The summed E-state index contributed by atoms with van der Waals surface area (Å²) in [5, 5.41) is 0. The average Bonchev–Trinajstić information content (AvgIpc) is 3.46. The minimum absolute atomic E-state index is 0.0583. The van der Waals surface area contributed by atoms with Gasteiger partial charge in [0.1, 0.15) is 12.4 Å². The van der Waals surface area contributed by atoms with Gasteiger partial charge < -0.3 is 14.0 Å². The monoisotopic (exact) mass is 598 g/mol. The first-order chi connectivity index (χ1) is 21.0. The van der Waals surface area contributed by atoms with Crippen molar-refractivity contribution in [2.75, 3.05) is 19.8 Å². The largest absolute Gasteiger partial charge is 0.491 e. The van der Waals surface area contributed by atoms with Crippen molar-refractivity contribution in [3.05, 3.63) is 108 Å². The lowest BCUT2D eigenvalue weighted by atomic mass is 9.99. The number of carbonyl (C=O) groups is 1. The number of ether oxygens (including phenoxy) is 2. The van der Waals surface area contributed by atoms with Gasteiger partial charge in [0, 0.05) is 30.7 Å². The summed E-state index contributed by atoms with van der Waals surface area (Å²) in [6.07, 6.45) is 9.00. The summed E-state index contributed by atoms with van der Waals surface area (Å²) in [7, 11) is -1.18. The Balaban J connectivity index is 1.31. The summed E-state index contributed by atoms with van der Waals surface area (Å²) in [6, 6.07) is 23.7. The third-order valence-electron chi connectivity index (χ3n) is 7.13. The van der Waals surface area contributed by atoms with Crippen LogP contribution in [0.2, 0.25) is 0 Å². The fourth-order valence-corrected chi connectivity index (χ4v) is 5.78. The maximum Gasteiger partial charge on any atom is 0.162 e. The van der Waals surface area contributed by atoms with Crippen LogP contribution in [-0.4, -0.2) is 39.4 Å². The number of Topliss-reactive ketones (excluding diaryl/α,β-unsaturated/α-hetero) is 1. The fraction of sp³-hybridized carbons (Fsp3) is 0.333. The molecular formula is C36H42N2O4S. The molecule has 1 heterocycles. The van der Waals surface area contributed by atoms with Gasteiger partial charge in [-0.1, -0.05) is 62.7 Å². The molecule has 6 nitrogen and oxygen atoms in total. The van der Waals surface area contributed by atoms with Crippen LogP contribution in [0.3, 0.4) is 0 Å². The van der Waals surface area contributed by atoms with Crippen LogP contribution >= 0.6 is 0 Å². The molecule has 7 heteroatoms. The Bertz CT molecular complexity index is 1510. The summed E-state index contributed by atoms with van der Waals surface area (Å²) < 4.78 is 26.3. The molecule has 0 fully saturated rings. The standard InChI is InChI=1S/C36H42N2O4S/c1-4-6-19-41-20-21-42-34-14-12-31(13-15-34)32-9-7-8-30(23-32)22-28(3)36(39)24-29-10-16-35(17-11-29)43(40)26-33-25-37-27-38(33)18-5-2/h7-17,22-23,25,27H,4-6,18-21,24,26H2,1-3H3/b28-22+. The number of carbonyl (C=O) groups excluding carboxylic acids is 1. The molecule has 0 amide bonds. The van der Waals surface area contributed by atoms with Crippen LogP contribution in [0.1, 0.15) is 56.9 Å². The topological polar surface area (TPSA) is 70.4 Å². The first kappa shape index (κ1) is 32.1. The lowest BCUT2D eigenvalue weighted by Crippen LogP contribution is -2.07. The average molecular weight is 599 g/mol. The van der Waals surface area contributed by atoms with Crippen LogP contribution in [0, 0.1) is 0 Å². The van der Waals surface area contributed by atoms with E-state index in [1.165, 1.54) is 0 Å². The number of ketones is 1. The predicted octanol–water partition coefficient (Wildman–Crippen LogP) is 7.68. The molecular weight excluding hydrogens is 556 g/mol. The molecule has 0 aliphatic rings. The number of benzene rings is 3. The molecule has 1 unspecified atom stereocenters. The zero-order valence-corrected chi connectivity index (χ0v) is 26.3. The van der Waals surface area contributed by atoms with E-state index in [1.807, 2.05) is 73.7 Å². The Kier molecular flexibility index (Phi) is 12.5. The van der Waals surface area contributed by atoms with E-state index in [4.69, 9.17) is 9.47 Å². The number of allylic oxidation sites excluding steroid dienone is 1. The van der Waals surface area contributed by atoms with Gasteiger partial charge in [-0.15, -0.1) is 0 Å². The third kappa shape index (κ3) is 9.87. The van der Waals surface area contributed by atoms with Gasteiger partial charge in [0.15, 0.2) is 5.78 Å². The smallest absolute Gasteiger partial charge is 0.162 e. The van der Waals surface area contributed by atoms with Gasteiger partial charge in [-0.25, -0.2) is 4.98 Å². The molecule has 0 spiro atoms. The Hall–Kier alpha value is -3.81. The summed E-state index contributed by atoms with van der Waals surface area (Å²) in [5.74, 6) is 1.30. The number of nitrogens with zero attached hydrogens (tertiary/aromatic N) is 2. The molecule has 4 aromatic rings. The van der Waals surface area contributed by atoms with Crippen molar-refractivity contribution < 1.29 is 18.5 Å². The van der Waals surface area contributed by atoms with Gasteiger partial charge in [-0.2, -0.15) is 0 Å². The van der Waals surface area contributed by atoms with E-state index in [0.29, 0.717) is 31.0 Å². The SMILES string of the molecule is CCCCOCCOc1ccc(-c2cccc(/C=C(\C)C(=O)Cc3ccc(S(=O)Cc4cncn4CCC)cc3)c2)cc1. The van der Waals surface area contributed by atoms with Crippen molar-refractivity contribution in [2.24, 2.45) is 0 Å². The molecule has 0 bridgehead atoms. The lowest BCUT2D eigenvalue weighted by molar-refractivity contribution is -0.114. The molecule has 0 saturated heterocycles. The van der Waals surface area contributed by atoms with Crippen LogP contribution in [0.4, 0.5) is 0 Å². The van der Waals surface area contributed by atoms with Gasteiger partial charge in [0.05, 0.1) is 35.2 Å². The van der Waals surface area contributed by atoms with Crippen molar-refractivity contribution in [1.29, 1.82) is 0 Å². The summed E-state index contributed by atoms with van der Waals surface area (Å²) in [6.45, 7) is 8.88. The van der Waals surface area contributed by atoms with Crippen LogP contribution in [0.15, 0.2) is 95.8 Å². The van der Waals surface area contributed by atoms with Crippen molar-refractivity contribution in [3.8, 4) is 16.9 Å². The first-order valence-electron chi connectivity index (χ1n) is 15.1. The fourth-order valence-electron chi connectivity index (χ4n) is 4.66. The quantitative estimate of drug-likeness (QED) is 0.0921. The number of aromatic nitrogens is 2. The van der Waals surface area contributed by atoms with E-state index in [0.717, 1.165) is 71.0 Å². The minimum atomic E-state index is -1.18. The van der Waals surface area contributed by atoms with Gasteiger partial charge in [0.25, 0.3) is 0 Å². The normalized spacial score (nSPS) is 12.3. The molecule has 43 heavy (non-hydrogen) atoms. The Morgan fingerprint density at radius 1 is 0.930 bits per heavy atom. The van der Waals surface area contributed by atoms with E-state index in [9.17, 15) is 9.00 Å². The zero-order valence-electron chi connectivity index (χ0n) is 25.5. The molecule has 0 aliphatic heterocycles. The van der Waals surface area contributed by atoms with Crippen molar-refractivity contribution in [3.63, 3.8) is 0 Å². The maximum atomic E-state index is 13.0. The minimum Gasteiger partial charge on any atom is -0.491 e. The number of unbranched alkanes of at least 4 members (excludes halogenated alkanes) is 1. The Labute approximate surface area is 258 Å². The summed E-state index contributed by atoms with van der Waals surface area (Å²) >= 11 is 0. The highest BCUT2D eigenvalue weighted by molar-refractivity contribution is 7.84. The van der Waals surface area contributed by atoms with Gasteiger partial charge in [-0.05, 0) is 84.0 Å².